The van der Waals surface area contributed by atoms with Crippen molar-refractivity contribution < 1.29 is 14.3 Å². The number of rotatable bonds is 4. The summed E-state index contributed by atoms with van der Waals surface area (Å²) in [7, 11) is 0. The molecule has 2 aromatic rings. The lowest BCUT2D eigenvalue weighted by Gasteiger charge is -2.22. The Morgan fingerprint density at radius 2 is 1.91 bits per heavy atom. The predicted molar refractivity (Wildman–Crippen MR) is 86.6 cm³/mol. The molecule has 1 unspecified atom stereocenters. The fourth-order valence-electron chi connectivity index (χ4n) is 2.29. The summed E-state index contributed by atoms with van der Waals surface area (Å²) < 4.78 is 13.9. The molecule has 3 rings (SSSR count). The molecule has 0 aliphatic carbocycles. The summed E-state index contributed by atoms with van der Waals surface area (Å²) in [4.78, 5) is 6.44. The van der Waals surface area contributed by atoms with E-state index in [2.05, 4.69) is 5.16 Å². The molecule has 0 bridgehead atoms. The number of benzene rings is 2. The van der Waals surface area contributed by atoms with Gasteiger partial charge in [0.1, 0.15) is 5.82 Å². The minimum absolute atomic E-state index is 0.121. The summed E-state index contributed by atoms with van der Waals surface area (Å²) in [5, 5.41) is 14.7. The first kappa shape index (κ1) is 16.1. The number of halogens is 3. The van der Waals surface area contributed by atoms with E-state index >= 15 is 0 Å². The Morgan fingerprint density at radius 3 is 2.61 bits per heavy atom. The van der Waals surface area contributed by atoms with Gasteiger partial charge in [-0.25, -0.2) is 4.39 Å². The van der Waals surface area contributed by atoms with Crippen molar-refractivity contribution in [2.75, 3.05) is 0 Å². The van der Waals surface area contributed by atoms with E-state index in [0.29, 0.717) is 28.0 Å². The molecule has 23 heavy (non-hydrogen) atoms. The first-order chi connectivity index (χ1) is 11.0. The van der Waals surface area contributed by atoms with Crippen LogP contribution in [0.25, 0.3) is 0 Å². The minimum Gasteiger partial charge on any atom is -0.340 e. The summed E-state index contributed by atoms with van der Waals surface area (Å²) in [6.07, 6.45) is -1.10. The van der Waals surface area contributed by atoms with Gasteiger partial charge in [-0.05, 0) is 29.8 Å². The van der Waals surface area contributed by atoms with Crippen molar-refractivity contribution in [3.05, 3.63) is 69.5 Å². The SMILES string of the molecule is OC1ON=C(Cc2c(F)cccc2Cl)N1Cc1ccc(Cl)cc1. The molecular formula is C16H13Cl2FN2O2. The molecule has 1 atom stereocenters. The van der Waals surface area contributed by atoms with E-state index in [4.69, 9.17) is 28.0 Å². The molecule has 7 heteroatoms. The number of hydrogen-bond acceptors (Lipinski definition) is 4. The van der Waals surface area contributed by atoms with E-state index in [1.807, 2.05) is 12.1 Å². The van der Waals surface area contributed by atoms with E-state index in [9.17, 15) is 9.50 Å². The van der Waals surface area contributed by atoms with Crippen LogP contribution in [0.15, 0.2) is 47.6 Å². The number of aliphatic hydroxyl groups excluding tert-OH is 1. The number of amidine groups is 1. The van der Waals surface area contributed by atoms with Gasteiger partial charge in [0.15, 0.2) is 5.84 Å². The molecule has 1 N–H and O–H groups in total. The van der Waals surface area contributed by atoms with Crippen LogP contribution < -0.4 is 0 Å². The number of nitrogens with zero attached hydrogens (tertiary/aromatic N) is 2. The number of hydrogen-bond donors (Lipinski definition) is 1. The number of oxime groups is 1. The Labute approximate surface area is 142 Å². The first-order valence-corrected chi connectivity index (χ1v) is 7.65. The van der Waals surface area contributed by atoms with E-state index in [-0.39, 0.29) is 6.42 Å². The zero-order valence-corrected chi connectivity index (χ0v) is 13.4. The van der Waals surface area contributed by atoms with Crippen molar-refractivity contribution in [2.24, 2.45) is 5.16 Å². The van der Waals surface area contributed by atoms with Crippen molar-refractivity contribution >= 4 is 29.0 Å². The molecule has 0 saturated carbocycles. The van der Waals surface area contributed by atoms with E-state index < -0.39 is 12.2 Å². The second kappa shape index (κ2) is 6.74. The molecule has 0 fully saturated rings. The maximum absolute atomic E-state index is 13.9. The van der Waals surface area contributed by atoms with Gasteiger partial charge in [0.2, 0.25) is 0 Å². The zero-order chi connectivity index (χ0) is 16.4. The van der Waals surface area contributed by atoms with Gasteiger partial charge in [-0.1, -0.05) is 46.6 Å². The van der Waals surface area contributed by atoms with Crippen molar-refractivity contribution in [1.29, 1.82) is 0 Å². The minimum atomic E-state index is -1.22. The summed E-state index contributed by atoms with van der Waals surface area (Å²) >= 11 is 11.9. The Kier molecular flexibility index (Phi) is 4.71. The van der Waals surface area contributed by atoms with Gasteiger partial charge in [-0.3, -0.25) is 4.90 Å². The van der Waals surface area contributed by atoms with Crippen molar-refractivity contribution in [3.8, 4) is 0 Å². The third kappa shape index (κ3) is 3.58. The quantitative estimate of drug-likeness (QED) is 0.908. The van der Waals surface area contributed by atoms with Crippen LogP contribution in [0.3, 0.4) is 0 Å². The van der Waals surface area contributed by atoms with Crippen LogP contribution in [0.1, 0.15) is 11.1 Å². The molecule has 0 radical (unpaired) electrons. The van der Waals surface area contributed by atoms with E-state index in [1.54, 1.807) is 18.2 Å². The molecule has 0 saturated heterocycles. The number of aliphatic hydroxyl groups is 1. The topological polar surface area (TPSA) is 45.1 Å². The summed E-state index contributed by atoms with van der Waals surface area (Å²) in [6, 6.07) is 11.7. The van der Waals surface area contributed by atoms with E-state index in [1.165, 1.54) is 17.0 Å². The zero-order valence-electron chi connectivity index (χ0n) is 11.9. The van der Waals surface area contributed by atoms with E-state index in [0.717, 1.165) is 5.56 Å². The van der Waals surface area contributed by atoms with Crippen molar-refractivity contribution in [3.63, 3.8) is 0 Å². The monoisotopic (exact) mass is 354 g/mol. The molecular weight excluding hydrogens is 342 g/mol. The Morgan fingerprint density at radius 1 is 1.17 bits per heavy atom. The maximum Gasteiger partial charge on any atom is 0.307 e. The van der Waals surface area contributed by atoms with Crippen LogP contribution in [0.5, 0.6) is 0 Å². The van der Waals surface area contributed by atoms with Crippen LogP contribution in [-0.2, 0) is 17.8 Å². The molecule has 0 spiro atoms. The van der Waals surface area contributed by atoms with Gasteiger partial charge in [0, 0.05) is 22.0 Å². The van der Waals surface area contributed by atoms with Crippen LogP contribution in [0.4, 0.5) is 4.39 Å². The van der Waals surface area contributed by atoms with Crippen LogP contribution in [0, 0.1) is 5.82 Å². The highest BCUT2D eigenvalue weighted by Gasteiger charge is 2.29. The largest absolute Gasteiger partial charge is 0.340 e. The Hall–Kier alpha value is -1.82. The average Bonchev–Trinajstić information content (AvgIpc) is 2.86. The molecule has 4 nitrogen and oxygen atoms in total. The van der Waals surface area contributed by atoms with Gasteiger partial charge >= 0.3 is 6.41 Å². The van der Waals surface area contributed by atoms with Gasteiger partial charge in [-0.2, -0.15) is 0 Å². The molecule has 120 valence electrons. The molecule has 1 aliphatic rings. The lowest BCUT2D eigenvalue weighted by molar-refractivity contribution is -0.147. The van der Waals surface area contributed by atoms with Crippen LogP contribution in [0.2, 0.25) is 10.0 Å². The highest BCUT2D eigenvalue weighted by molar-refractivity contribution is 6.31. The van der Waals surface area contributed by atoms with Gasteiger partial charge < -0.3 is 9.94 Å². The second-order valence-electron chi connectivity index (χ2n) is 5.07. The maximum atomic E-state index is 13.9. The van der Waals surface area contributed by atoms with Gasteiger partial charge in [-0.15, -0.1) is 0 Å². The second-order valence-corrected chi connectivity index (χ2v) is 5.91. The molecule has 0 aromatic heterocycles. The van der Waals surface area contributed by atoms with Crippen LogP contribution >= 0.6 is 23.2 Å². The lowest BCUT2D eigenvalue weighted by Crippen LogP contribution is -2.36. The van der Waals surface area contributed by atoms with Crippen molar-refractivity contribution in [1.82, 2.24) is 4.90 Å². The smallest absolute Gasteiger partial charge is 0.307 e. The van der Waals surface area contributed by atoms with Crippen molar-refractivity contribution in [2.45, 2.75) is 19.4 Å². The summed E-state index contributed by atoms with van der Waals surface area (Å²) in [6.45, 7) is 0.350. The fourth-order valence-corrected chi connectivity index (χ4v) is 2.65. The third-order valence-electron chi connectivity index (χ3n) is 3.51. The molecule has 2 aromatic carbocycles. The molecule has 0 amide bonds. The third-order valence-corrected chi connectivity index (χ3v) is 4.12. The highest BCUT2D eigenvalue weighted by Crippen LogP contribution is 2.24. The van der Waals surface area contributed by atoms with Crippen LogP contribution in [-0.4, -0.2) is 22.3 Å². The van der Waals surface area contributed by atoms with Gasteiger partial charge in [0.05, 0.1) is 6.54 Å². The highest BCUT2D eigenvalue weighted by atomic mass is 35.5. The average molecular weight is 355 g/mol. The lowest BCUT2D eigenvalue weighted by atomic mass is 10.1. The fraction of sp³-hybridized carbons (Fsp3) is 0.188. The van der Waals surface area contributed by atoms with Gasteiger partial charge in [0.25, 0.3) is 0 Å². The summed E-state index contributed by atoms with van der Waals surface area (Å²) in [5.41, 5.74) is 1.22. The standard InChI is InChI=1S/C16H13Cl2FN2O2/c17-11-6-4-10(5-7-11)9-21-15(20-23-16(21)22)8-12-13(18)2-1-3-14(12)19/h1-7,16,22H,8-9H2. The first-order valence-electron chi connectivity index (χ1n) is 6.89. The normalized spacial score (nSPS) is 17.1. The molecule has 1 aliphatic heterocycles. The predicted octanol–water partition coefficient (Wildman–Crippen LogP) is 3.80. The molecule has 1 heterocycles. The Balaban J connectivity index is 1.79. The summed E-state index contributed by atoms with van der Waals surface area (Å²) in [5.74, 6) is -0.0208. The Bertz CT molecular complexity index is 717.